The van der Waals surface area contributed by atoms with Gasteiger partial charge in [0.15, 0.2) is 6.73 Å². The number of benzene rings is 2. The van der Waals surface area contributed by atoms with Gasteiger partial charge in [-0.2, -0.15) is 0 Å². The van der Waals surface area contributed by atoms with Crippen molar-refractivity contribution in [3.05, 3.63) is 42.0 Å². The fourth-order valence-corrected chi connectivity index (χ4v) is 2.79. The molecule has 0 aliphatic carbocycles. The van der Waals surface area contributed by atoms with Crippen LogP contribution in [-0.4, -0.2) is 36.5 Å². The van der Waals surface area contributed by atoms with Crippen LogP contribution in [-0.2, 0) is 19.1 Å². The molecule has 3 rings (SSSR count). The van der Waals surface area contributed by atoms with E-state index in [1.54, 1.807) is 14.0 Å². The average molecular weight is 341 g/mol. The predicted octanol–water partition coefficient (Wildman–Crippen LogP) is 2.60. The zero-order chi connectivity index (χ0) is 18.0. The van der Waals surface area contributed by atoms with E-state index in [-0.39, 0.29) is 31.4 Å². The number of ether oxygens (including phenoxy) is 2. The van der Waals surface area contributed by atoms with Crippen molar-refractivity contribution in [3.63, 3.8) is 0 Å². The van der Waals surface area contributed by atoms with Gasteiger partial charge in [-0.1, -0.05) is 24.3 Å². The lowest BCUT2D eigenvalue weighted by Crippen LogP contribution is -2.33. The van der Waals surface area contributed by atoms with E-state index in [9.17, 15) is 14.4 Å². The second-order valence-electron chi connectivity index (χ2n) is 6.00. The Morgan fingerprint density at radius 2 is 1.72 bits per heavy atom. The molecule has 6 nitrogen and oxygen atoms in total. The van der Waals surface area contributed by atoms with Crippen LogP contribution in [0.15, 0.2) is 36.4 Å². The largest absolute Gasteiger partial charge is 0.497 e. The van der Waals surface area contributed by atoms with Crippen molar-refractivity contribution in [2.45, 2.75) is 25.7 Å². The first-order valence-electron chi connectivity index (χ1n) is 8.07. The Kier molecular flexibility index (Phi) is 4.70. The summed E-state index contributed by atoms with van der Waals surface area (Å²) in [5, 5.41) is 2.00. The number of methoxy groups -OCH3 is 1. The molecule has 0 N–H and O–H groups in total. The molecule has 1 heterocycles. The monoisotopic (exact) mass is 341 g/mol. The van der Waals surface area contributed by atoms with E-state index in [2.05, 4.69) is 0 Å². The third-order valence-corrected chi connectivity index (χ3v) is 4.42. The molecule has 1 fully saturated rings. The third kappa shape index (κ3) is 3.47. The number of hydrogen-bond donors (Lipinski definition) is 0. The number of hydrogen-bond acceptors (Lipinski definition) is 5. The van der Waals surface area contributed by atoms with Crippen molar-refractivity contribution in [3.8, 4) is 5.75 Å². The maximum Gasteiger partial charge on any atom is 0.314 e. The molecule has 2 amide bonds. The highest BCUT2D eigenvalue weighted by molar-refractivity contribution is 6.01. The van der Waals surface area contributed by atoms with E-state index >= 15 is 0 Å². The lowest BCUT2D eigenvalue weighted by Gasteiger charge is -2.17. The molecule has 0 aromatic heterocycles. The first kappa shape index (κ1) is 17.0. The van der Waals surface area contributed by atoms with Crippen molar-refractivity contribution in [2.24, 2.45) is 0 Å². The first-order chi connectivity index (χ1) is 12.0. The summed E-state index contributed by atoms with van der Waals surface area (Å²) in [4.78, 5) is 36.3. The summed E-state index contributed by atoms with van der Waals surface area (Å²) in [6, 6.07) is 11.4. The fraction of sp³-hybridized carbons (Fsp3) is 0.316. The topological polar surface area (TPSA) is 72.9 Å². The van der Waals surface area contributed by atoms with Gasteiger partial charge in [-0.3, -0.25) is 14.4 Å². The van der Waals surface area contributed by atoms with Crippen LogP contribution in [0, 0.1) is 0 Å². The van der Waals surface area contributed by atoms with Crippen molar-refractivity contribution < 1.29 is 23.9 Å². The van der Waals surface area contributed by atoms with Crippen LogP contribution < -0.4 is 4.74 Å². The Morgan fingerprint density at radius 3 is 2.40 bits per heavy atom. The van der Waals surface area contributed by atoms with Crippen molar-refractivity contribution in [2.75, 3.05) is 13.8 Å². The number of amides is 2. The Hall–Kier alpha value is -2.89. The minimum Gasteiger partial charge on any atom is -0.497 e. The molecule has 1 atom stereocenters. The maximum absolute atomic E-state index is 12.3. The number of imide groups is 1. The quantitative estimate of drug-likeness (QED) is 0.617. The molecule has 0 unspecified atom stereocenters. The average Bonchev–Trinajstić information content (AvgIpc) is 2.96. The molecule has 0 saturated carbocycles. The van der Waals surface area contributed by atoms with Crippen LogP contribution in [0.2, 0.25) is 0 Å². The van der Waals surface area contributed by atoms with E-state index in [1.165, 1.54) is 0 Å². The van der Waals surface area contributed by atoms with Crippen molar-refractivity contribution >= 4 is 28.6 Å². The van der Waals surface area contributed by atoms with Crippen LogP contribution in [0.3, 0.4) is 0 Å². The highest BCUT2D eigenvalue weighted by atomic mass is 16.5. The molecular weight excluding hydrogens is 322 g/mol. The Labute approximate surface area is 145 Å². The van der Waals surface area contributed by atoms with Crippen molar-refractivity contribution in [1.29, 1.82) is 0 Å². The van der Waals surface area contributed by atoms with E-state index in [0.717, 1.165) is 27.0 Å². The highest BCUT2D eigenvalue weighted by Gasteiger charge is 2.30. The zero-order valence-electron chi connectivity index (χ0n) is 14.2. The molecule has 6 heteroatoms. The molecular formula is C19H19NO5. The van der Waals surface area contributed by atoms with Gasteiger partial charge in [-0.05, 0) is 35.4 Å². The van der Waals surface area contributed by atoms with Gasteiger partial charge >= 0.3 is 5.97 Å². The van der Waals surface area contributed by atoms with E-state index in [1.807, 2.05) is 36.4 Å². The van der Waals surface area contributed by atoms with Gasteiger partial charge in [0.2, 0.25) is 11.8 Å². The smallest absolute Gasteiger partial charge is 0.314 e. The Balaban J connectivity index is 1.70. The molecule has 0 radical (unpaired) electrons. The van der Waals surface area contributed by atoms with Gasteiger partial charge in [0.25, 0.3) is 0 Å². The highest BCUT2D eigenvalue weighted by Crippen LogP contribution is 2.26. The molecule has 1 aliphatic heterocycles. The number of esters is 1. The summed E-state index contributed by atoms with van der Waals surface area (Å²) < 4.78 is 10.4. The number of likely N-dealkylation sites (tertiary alicyclic amines) is 1. The van der Waals surface area contributed by atoms with E-state index in [4.69, 9.17) is 9.47 Å². The van der Waals surface area contributed by atoms with Crippen LogP contribution >= 0.6 is 0 Å². The van der Waals surface area contributed by atoms with E-state index < -0.39 is 11.9 Å². The minimum absolute atomic E-state index is 0.181. The number of carbonyl (C=O) groups excluding carboxylic acids is 3. The summed E-state index contributed by atoms with van der Waals surface area (Å²) in [5.74, 6) is -0.803. The van der Waals surface area contributed by atoms with Gasteiger partial charge < -0.3 is 9.47 Å². The van der Waals surface area contributed by atoms with Gasteiger partial charge in [0.05, 0.1) is 13.0 Å². The predicted molar refractivity (Wildman–Crippen MR) is 91.0 cm³/mol. The van der Waals surface area contributed by atoms with E-state index in [0.29, 0.717) is 0 Å². The van der Waals surface area contributed by atoms with Crippen LogP contribution in [0.25, 0.3) is 10.8 Å². The fourth-order valence-electron chi connectivity index (χ4n) is 2.79. The Morgan fingerprint density at radius 1 is 1.08 bits per heavy atom. The number of rotatable bonds is 5. The number of nitrogens with zero attached hydrogens (tertiary/aromatic N) is 1. The summed E-state index contributed by atoms with van der Waals surface area (Å²) >= 11 is 0. The first-order valence-corrected chi connectivity index (χ1v) is 8.07. The summed E-state index contributed by atoms with van der Waals surface area (Å²) in [6.07, 6.45) is 0.361. The lowest BCUT2D eigenvalue weighted by molar-refractivity contribution is -0.156. The SMILES string of the molecule is COc1ccc2cc([C@H](C)C(=O)OCN3C(=O)CCC3=O)ccc2c1. The van der Waals surface area contributed by atoms with Crippen LogP contribution in [0.1, 0.15) is 31.2 Å². The summed E-state index contributed by atoms with van der Waals surface area (Å²) in [7, 11) is 1.61. The molecule has 2 aromatic rings. The minimum atomic E-state index is -0.501. The normalized spacial score (nSPS) is 15.5. The maximum atomic E-state index is 12.3. The lowest BCUT2D eigenvalue weighted by atomic mass is 9.98. The van der Waals surface area contributed by atoms with Crippen molar-refractivity contribution in [1.82, 2.24) is 4.90 Å². The standard InChI is InChI=1S/C19H19NO5/c1-12(19(23)25-11-20-17(21)7-8-18(20)22)13-3-4-15-10-16(24-2)6-5-14(15)9-13/h3-6,9-10,12H,7-8,11H2,1-2H3/t12-/m0/s1. The molecule has 2 aromatic carbocycles. The second kappa shape index (κ2) is 6.93. The molecule has 1 aliphatic rings. The number of fused-ring (bicyclic) bond motifs is 1. The van der Waals surface area contributed by atoms with Gasteiger partial charge in [-0.25, -0.2) is 4.90 Å². The number of carbonyl (C=O) groups is 3. The molecule has 130 valence electrons. The van der Waals surface area contributed by atoms with Gasteiger partial charge in [0.1, 0.15) is 5.75 Å². The summed E-state index contributed by atoms with van der Waals surface area (Å²) in [5.41, 5.74) is 0.807. The van der Waals surface area contributed by atoms with Crippen LogP contribution in [0.4, 0.5) is 0 Å². The van der Waals surface area contributed by atoms with Crippen LogP contribution in [0.5, 0.6) is 5.75 Å². The Bertz CT molecular complexity index is 829. The second-order valence-corrected chi connectivity index (χ2v) is 6.00. The summed E-state index contributed by atoms with van der Waals surface area (Å²) in [6.45, 7) is 1.42. The molecule has 1 saturated heterocycles. The third-order valence-electron chi connectivity index (χ3n) is 4.42. The van der Waals surface area contributed by atoms with Gasteiger partial charge in [0, 0.05) is 12.8 Å². The molecule has 0 bridgehead atoms. The molecule has 0 spiro atoms. The van der Waals surface area contributed by atoms with Gasteiger partial charge in [-0.15, -0.1) is 0 Å². The molecule has 25 heavy (non-hydrogen) atoms. The zero-order valence-corrected chi connectivity index (χ0v) is 14.2.